The van der Waals surface area contributed by atoms with Gasteiger partial charge in [-0.15, -0.1) is 0 Å². The highest BCUT2D eigenvalue weighted by Crippen LogP contribution is 2.19. The number of ether oxygens (including phenoxy) is 1. The first-order valence-electron chi connectivity index (χ1n) is 8.78. The van der Waals surface area contributed by atoms with Gasteiger partial charge < -0.3 is 10.1 Å². The van der Waals surface area contributed by atoms with Crippen LogP contribution in [0, 0.1) is 0 Å². The zero-order chi connectivity index (χ0) is 17.4. The van der Waals surface area contributed by atoms with E-state index < -0.39 is 5.97 Å². The van der Waals surface area contributed by atoms with Gasteiger partial charge in [-0.3, -0.25) is 4.79 Å². The van der Waals surface area contributed by atoms with Gasteiger partial charge in [0.05, 0.1) is 5.56 Å². The Labute approximate surface area is 144 Å². The van der Waals surface area contributed by atoms with Crippen LogP contribution in [0.4, 0.5) is 0 Å². The lowest BCUT2D eigenvalue weighted by atomic mass is 9.97. The number of benzene rings is 1. The topological polar surface area (TPSA) is 55.4 Å². The molecule has 0 fully saturated rings. The molecular formula is C20H27NO3. The molecule has 0 spiro atoms. The third kappa shape index (κ3) is 5.84. The zero-order valence-corrected chi connectivity index (χ0v) is 14.6. The standard InChI is InChI=1S/C20H27NO3/c1-15(2)17-8-10-18(11-9-17)20(23)24-14-19(22)21-13-12-16-6-4-3-5-7-16/h6,8-11,15H,3-5,7,12-14H2,1-2H3,(H,21,22). The molecule has 1 aromatic carbocycles. The van der Waals surface area contributed by atoms with Crippen molar-refractivity contribution in [1.29, 1.82) is 0 Å². The van der Waals surface area contributed by atoms with E-state index in [2.05, 4.69) is 25.2 Å². The predicted molar refractivity (Wildman–Crippen MR) is 95.0 cm³/mol. The molecule has 2 rings (SSSR count). The minimum absolute atomic E-state index is 0.232. The number of esters is 1. The zero-order valence-electron chi connectivity index (χ0n) is 14.6. The number of carbonyl (C=O) groups is 2. The predicted octanol–water partition coefficient (Wildman–Crippen LogP) is 3.97. The Morgan fingerprint density at radius 2 is 1.92 bits per heavy atom. The number of nitrogens with one attached hydrogen (secondary N) is 1. The van der Waals surface area contributed by atoms with Gasteiger partial charge in [0.25, 0.3) is 5.91 Å². The van der Waals surface area contributed by atoms with E-state index in [-0.39, 0.29) is 12.5 Å². The summed E-state index contributed by atoms with van der Waals surface area (Å²) >= 11 is 0. The van der Waals surface area contributed by atoms with Crippen molar-refractivity contribution in [3.8, 4) is 0 Å². The summed E-state index contributed by atoms with van der Waals surface area (Å²) in [7, 11) is 0. The van der Waals surface area contributed by atoms with Crippen LogP contribution in [0.5, 0.6) is 0 Å². The normalized spacial score (nSPS) is 14.2. The first-order valence-corrected chi connectivity index (χ1v) is 8.78. The van der Waals surface area contributed by atoms with Crippen molar-refractivity contribution in [3.63, 3.8) is 0 Å². The highest BCUT2D eigenvalue weighted by atomic mass is 16.5. The monoisotopic (exact) mass is 329 g/mol. The molecule has 130 valence electrons. The molecule has 1 aliphatic carbocycles. The van der Waals surface area contributed by atoms with E-state index in [1.165, 1.54) is 24.0 Å². The van der Waals surface area contributed by atoms with Crippen LogP contribution in [-0.2, 0) is 9.53 Å². The molecule has 0 aliphatic heterocycles. The Hall–Kier alpha value is -2.10. The minimum atomic E-state index is -0.463. The molecule has 0 radical (unpaired) electrons. The fourth-order valence-electron chi connectivity index (χ4n) is 2.76. The number of allylic oxidation sites excluding steroid dienone is 1. The quantitative estimate of drug-likeness (QED) is 0.608. The van der Waals surface area contributed by atoms with Crippen LogP contribution >= 0.6 is 0 Å². The Kier molecular flexibility index (Phi) is 7.04. The Bertz CT molecular complexity index is 587. The third-order valence-corrected chi connectivity index (χ3v) is 4.30. The fraction of sp³-hybridized carbons (Fsp3) is 0.500. The summed E-state index contributed by atoms with van der Waals surface area (Å²) < 4.78 is 5.07. The van der Waals surface area contributed by atoms with Crippen LogP contribution in [0.1, 0.15) is 67.8 Å². The fourth-order valence-corrected chi connectivity index (χ4v) is 2.76. The third-order valence-electron chi connectivity index (χ3n) is 4.30. The molecule has 0 atom stereocenters. The molecule has 0 unspecified atom stereocenters. The molecule has 0 heterocycles. The maximum Gasteiger partial charge on any atom is 0.338 e. The van der Waals surface area contributed by atoms with Gasteiger partial charge in [-0.25, -0.2) is 4.79 Å². The average Bonchev–Trinajstić information content (AvgIpc) is 2.60. The van der Waals surface area contributed by atoms with Gasteiger partial charge in [-0.05, 0) is 55.7 Å². The van der Waals surface area contributed by atoms with Crippen LogP contribution in [0.15, 0.2) is 35.9 Å². The summed E-state index contributed by atoms with van der Waals surface area (Å²) in [5.41, 5.74) is 3.06. The smallest absolute Gasteiger partial charge is 0.338 e. The Balaban J connectivity index is 1.68. The largest absolute Gasteiger partial charge is 0.452 e. The molecule has 1 aliphatic rings. The van der Waals surface area contributed by atoms with E-state index in [9.17, 15) is 9.59 Å². The highest BCUT2D eigenvalue weighted by molar-refractivity contribution is 5.91. The summed E-state index contributed by atoms with van der Waals surface area (Å²) in [6, 6.07) is 7.31. The van der Waals surface area contributed by atoms with Gasteiger partial charge >= 0.3 is 5.97 Å². The Morgan fingerprint density at radius 3 is 2.54 bits per heavy atom. The van der Waals surface area contributed by atoms with Crippen molar-refractivity contribution in [2.45, 2.75) is 51.9 Å². The molecule has 4 nitrogen and oxygen atoms in total. The van der Waals surface area contributed by atoms with Crippen molar-refractivity contribution in [2.75, 3.05) is 13.2 Å². The highest BCUT2D eigenvalue weighted by Gasteiger charge is 2.11. The second-order valence-corrected chi connectivity index (χ2v) is 6.56. The summed E-state index contributed by atoms with van der Waals surface area (Å²) in [6.45, 7) is 4.57. The molecule has 0 aromatic heterocycles. The van der Waals surface area contributed by atoms with Crippen LogP contribution < -0.4 is 5.32 Å². The van der Waals surface area contributed by atoms with Crippen molar-refractivity contribution >= 4 is 11.9 Å². The molecule has 0 saturated carbocycles. The van der Waals surface area contributed by atoms with Crippen molar-refractivity contribution < 1.29 is 14.3 Å². The maximum absolute atomic E-state index is 11.9. The van der Waals surface area contributed by atoms with Crippen molar-refractivity contribution in [1.82, 2.24) is 5.32 Å². The number of hydrogen-bond donors (Lipinski definition) is 1. The molecule has 4 heteroatoms. The first-order chi connectivity index (χ1) is 11.6. The van der Waals surface area contributed by atoms with E-state index in [0.717, 1.165) is 19.3 Å². The number of hydrogen-bond acceptors (Lipinski definition) is 3. The van der Waals surface area contributed by atoms with Crippen LogP contribution in [-0.4, -0.2) is 25.0 Å². The number of rotatable bonds is 7. The van der Waals surface area contributed by atoms with Crippen molar-refractivity contribution in [3.05, 3.63) is 47.0 Å². The average molecular weight is 329 g/mol. The molecule has 24 heavy (non-hydrogen) atoms. The molecule has 1 N–H and O–H groups in total. The lowest BCUT2D eigenvalue weighted by Crippen LogP contribution is -2.29. The van der Waals surface area contributed by atoms with Gasteiger partial charge in [-0.1, -0.05) is 37.6 Å². The number of carbonyl (C=O) groups excluding carboxylic acids is 2. The molecule has 0 saturated heterocycles. The maximum atomic E-state index is 11.9. The number of amides is 1. The lowest BCUT2D eigenvalue weighted by Gasteiger charge is -2.13. The molecule has 1 aromatic rings. The minimum Gasteiger partial charge on any atom is -0.452 e. The van der Waals surface area contributed by atoms with Crippen molar-refractivity contribution in [2.24, 2.45) is 0 Å². The van der Waals surface area contributed by atoms with Gasteiger partial charge in [0.15, 0.2) is 6.61 Å². The van der Waals surface area contributed by atoms with Gasteiger partial charge in [-0.2, -0.15) is 0 Å². The van der Waals surface area contributed by atoms with Crippen LogP contribution in [0.2, 0.25) is 0 Å². The van der Waals surface area contributed by atoms with Gasteiger partial charge in [0, 0.05) is 6.54 Å². The lowest BCUT2D eigenvalue weighted by molar-refractivity contribution is -0.124. The molecular weight excluding hydrogens is 302 g/mol. The van der Waals surface area contributed by atoms with Crippen LogP contribution in [0.25, 0.3) is 0 Å². The summed E-state index contributed by atoms with van der Waals surface area (Å²) in [4.78, 5) is 23.7. The summed E-state index contributed by atoms with van der Waals surface area (Å²) in [5, 5.41) is 2.80. The second kappa shape index (κ2) is 9.26. The van der Waals surface area contributed by atoms with E-state index in [4.69, 9.17) is 4.74 Å². The summed E-state index contributed by atoms with van der Waals surface area (Å²) in [5.74, 6) is -0.297. The van der Waals surface area contributed by atoms with E-state index in [1.807, 2.05) is 12.1 Å². The summed E-state index contributed by atoms with van der Waals surface area (Å²) in [6.07, 6.45) is 7.96. The van der Waals surface area contributed by atoms with Gasteiger partial charge in [0.1, 0.15) is 0 Å². The Morgan fingerprint density at radius 1 is 1.17 bits per heavy atom. The first kappa shape index (κ1) is 18.2. The molecule has 1 amide bonds. The van der Waals surface area contributed by atoms with Crippen LogP contribution in [0.3, 0.4) is 0 Å². The van der Waals surface area contributed by atoms with E-state index >= 15 is 0 Å². The molecule has 0 bridgehead atoms. The van der Waals surface area contributed by atoms with E-state index in [0.29, 0.717) is 18.0 Å². The van der Waals surface area contributed by atoms with Gasteiger partial charge in [0.2, 0.25) is 0 Å². The van der Waals surface area contributed by atoms with E-state index in [1.54, 1.807) is 12.1 Å². The SMILES string of the molecule is CC(C)c1ccc(C(=O)OCC(=O)NCCC2=CCCCC2)cc1. The second-order valence-electron chi connectivity index (χ2n) is 6.56.